The van der Waals surface area contributed by atoms with Crippen molar-refractivity contribution in [3.05, 3.63) is 46.2 Å². The van der Waals surface area contributed by atoms with E-state index in [1.165, 1.54) is 0 Å². The number of aromatic nitrogens is 7. The third-order valence-electron chi connectivity index (χ3n) is 5.42. The van der Waals surface area contributed by atoms with Crippen LogP contribution >= 0.6 is 11.3 Å². The summed E-state index contributed by atoms with van der Waals surface area (Å²) in [6.07, 6.45) is -4.86. The van der Waals surface area contributed by atoms with Gasteiger partial charge in [0, 0.05) is 37.1 Å². The van der Waals surface area contributed by atoms with Crippen LogP contribution in [-0.4, -0.2) is 64.8 Å². The predicted molar refractivity (Wildman–Crippen MR) is 142 cm³/mol. The molecular formula is C24H27F6N9O2S. The van der Waals surface area contributed by atoms with Crippen molar-refractivity contribution in [1.82, 2.24) is 34.5 Å². The summed E-state index contributed by atoms with van der Waals surface area (Å²) in [5, 5.41) is 16.7. The largest absolute Gasteiger partial charge is 0.490 e. The lowest BCUT2D eigenvalue weighted by Crippen LogP contribution is -2.21. The Bertz CT molecular complexity index is 1490. The Kier molecular flexibility index (Phi) is 10.6. The minimum atomic E-state index is -5.08. The number of nitrogens with one attached hydrogen (secondary N) is 2. The summed E-state index contributed by atoms with van der Waals surface area (Å²) in [5.41, 5.74) is 1.38. The van der Waals surface area contributed by atoms with Crippen LogP contribution in [0.5, 0.6) is 0 Å². The smallest absolute Gasteiger partial charge is 0.475 e. The second-order valence-corrected chi connectivity index (χ2v) is 10.1. The van der Waals surface area contributed by atoms with Gasteiger partial charge in [-0.1, -0.05) is 0 Å². The molecule has 0 aliphatic rings. The Balaban J connectivity index is 0.000000616. The molecule has 4 rings (SSSR count). The minimum absolute atomic E-state index is 0.0981. The van der Waals surface area contributed by atoms with Crippen molar-refractivity contribution < 1.29 is 36.2 Å². The van der Waals surface area contributed by atoms with E-state index >= 15 is 0 Å². The quantitative estimate of drug-likeness (QED) is 0.158. The van der Waals surface area contributed by atoms with Crippen LogP contribution in [0.3, 0.4) is 0 Å². The Morgan fingerprint density at radius 2 is 1.74 bits per heavy atom. The van der Waals surface area contributed by atoms with Crippen LogP contribution in [0.1, 0.15) is 48.5 Å². The number of thiazole rings is 1. The molecule has 0 saturated carbocycles. The lowest BCUT2D eigenvalue weighted by atomic mass is 10.2. The van der Waals surface area contributed by atoms with Gasteiger partial charge in [-0.05, 0) is 39.7 Å². The van der Waals surface area contributed by atoms with Crippen molar-refractivity contribution in [2.24, 2.45) is 0 Å². The van der Waals surface area contributed by atoms with Gasteiger partial charge in [-0.25, -0.2) is 24.7 Å². The van der Waals surface area contributed by atoms with Gasteiger partial charge in [0.15, 0.2) is 17.0 Å². The Morgan fingerprint density at radius 3 is 2.33 bits per heavy atom. The molecule has 0 bridgehead atoms. The molecule has 11 nitrogen and oxygen atoms in total. The molecular weight excluding hydrogens is 592 g/mol. The summed E-state index contributed by atoms with van der Waals surface area (Å²) in [6.45, 7) is 7.00. The number of alkyl halides is 6. The van der Waals surface area contributed by atoms with Crippen molar-refractivity contribution in [1.29, 1.82) is 0 Å². The molecule has 0 aliphatic carbocycles. The molecule has 18 heteroatoms. The molecule has 42 heavy (non-hydrogen) atoms. The number of aryl methyl sites for hydroxylation is 2. The van der Waals surface area contributed by atoms with E-state index in [-0.39, 0.29) is 24.8 Å². The van der Waals surface area contributed by atoms with Crippen molar-refractivity contribution >= 4 is 40.2 Å². The normalized spacial score (nSPS) is 11.9. The number of imidazole rings is 1. The maximum absolute atomic E-state index is 12.9. The number of carboxylic acids is 1. The standard InChI is InChI=1S/C22H26F3N9S.C2HF3O2/c1-13(2)34-12-29-18-19(27-10-7-17-26-9-6-16(31-17)22(23,24)25)32-21(33-20(18)34)28-8-4-5-15-11-35-14(3)30-15;3-2(4,5)1(6)7/h6,9,11-13H,4-5,7-8,10H2,1-3H3,(H2,27,28,32,33);(H,6,7). The van der Waals surface area contributed by atoms with Crippen molar-refractivity contribution in [3.8, 4) is 0 Å². The third kappa shape index (κ3) is 9.22. The van der Waals surface area contributed by atoms with E-state index in [2.05, 4.69) is 45.9 Å². The van der Waals surface area contributed by atoms with Crippen LogP contribution in [0, 0.1) is 6.92 Å². The molecule has 0 radical (unpaired) electrons. The zero-order chi connectivity index (χ0) is 31.1. The van der Waals surface area contributed by atoms with Gasteiger partial charge in [-0.2, -0.15) is 36.3 Å². The highest BCUT2D eigenvalue weighted by Gasteiger charge is 2.38. The summed E-state index contributed by atoms with van der Waals surface area (Å²) in [5.74, 6) is -1.71. The maximum Gasteiger partial charge on any atom is 0.490 e. The number of hydrogen-bond acceptors (Lipinski definition) is 10. The molecule has 4 aromatic heterocycles. The molecule has 0 atom stereocenters. The van der Waals surface area contributed by atoms with Gasteiger partial charge >= 0.3 is 18.3 Å². The number of carboxylic acid groups (broad SMARTS) is 1. The zero-order valence-electron chi connectivity index (χ0n) is 22.6. The Morgan fingerprint density at radius 1 is 1.02 bits per heavy atom. The van der Waals surface area contributed by atoms with Gasteiger partial charge in [0.2, 0.25) is 5.95 Å². The summed E-state index contributed by atoms with van der Waals surface area (Å²) in [4.78, 5) is 34.6. The van der Waals surface area contributed by atoms with Crippen molar-refractivity contribution in [3.63, 3.8) is 0 Å². The number of aliphatic carboxylic acids is 1. The Hall–Kier alpha value is -4.09. The molecule has 0 unspecified atom stereocenters. The minimum Gasteiger partial charge on any atom is -0.475 e. The van der Waals surface area contributed by atoms with E-state index < -0.39 is 24.0 Å². The fraction of sp³-hybridized carbons (Fsp3) is 0.458. The van der Waals surface area contributed by atoms with Crippen LogP contribution in [0.15, 0.2) is 24.0 Å². The molecule has 4 heterocycles. The van der Waals surface area contributed by atoms with Crippen LogP contribution in [-0.2, 0) is 23.8 Å². The van der Waals surface area contributed by atoms with Gasteiger partial charge in [0.25, 0.3) is 0 Å². The second kappa shape index (κ2) is 13.7. The molecule has 0 aliphatic heterocycles. The fourth-order valence-electron chi connectivity index (χ4n) is 3.46. The lowest BCUT2D eigenvalue weighted by Gasteiger charge is -2.12. The number of anilines is 2. The van der Waals surface area contributed by atoms with E-state index in [0.29, 0.717) is 29.5 Å². The average molecular weight is 620 g/mol. The number of hydrogen-bond donors (Lipinski definition) is 3. The van der Waals surface area contributed by atoms with Crippen LogP contribution < -0.4 is 10.6 Å². The lowest BCUT2D eigenvalue weighted by molar-refractivity contribution is -0.192. The molecule has 0 saturated heterocycles. The summed E-state index contributed by atoms with van der Waals surface area (Å²) in [7, 11) is 0. The summed E-state index contributed by atoms with van der Waals surface area (Å²) < 4.78 is 72.5. The maximum atomic E-state index is 12.9. The van der Waals surface area contributed by atoms with Gasteiger partial charge in [-0.3, -0.25) is 0 Å². The van der Waals surface area contributed by atoms with Crippen molar-refractivity contribution in [2.75, 3.05) is 23.7 Å². The van der Waals surface area contributed by atoms with Gasteiger partial charge in [0.05, 0.1) is 17.0 Å². The molecule has 0 fully saturated rings. The van der Waals surface area contributed by atoms with Gasteiger partial charge in [0.1, 0.15) is 11.5 Å². The van der Waals surface area contributed by atoms with Gasteiger partial charge < -0.3 is 20.3 Å². The highest BCUT2D eigenvalue weighted by molar-refractivity contribution is 7.09. The first-order valence-corrected chi connectivity index (χ1v) is 13.4. The first-order chi connectivity index (χ1) is 19.6. The van der Waals surface area contributed by atoms with Crippen molar-refractivity contribution in [2.45, 2.75) is 58.4 Å². The first kappa shape index (κ1) is 32.4. The fourth-order valence-corrected chi connectivity index (χ4v) is 4.11. The zero-order valence-corrected chi connectivity index (χ0v) is 23.4. The summed E-state index contributed by atoms with van der Waals surface area (Å²) >= 11 is 1.64. The first-order valence-electron chi connectivity index (χ1n) is 12.5. The third-order valence-corrected chi connectivity index (χ3v) is 6.24. The molecule has 0 aromatic carbocycles. The summed E-state index contributed by atoms with van der Waals surface area (Å²) in [6, 6.07) is 0.999. The van der Waals surface area contributed by atoms with E-state index in [9.17, 15) is 26.3 Å². The number of fused-ring (bicyclic) bond motifs is 1. The molecule has 0 amide bonds. The Labute approximate surface area is 239 Å². The monoisotopic (exact) mass is 619 g/mol. The highest BCUT2D eigenvalue weighted by atomic mass is 32.1. The van der Waals surface area contributed by atoms with Gasteiger partial charge in [-0.15, -0.1) is 11.3 Å². The number of rotatable bonds is 10. The topological polar surface area (TPSA) is 144 Å². The molecule has 4 aromatic rings. The number of nitrogens with zero attached hydrogens (tertiary/aromatic N) is 7. The average Bonchev–Trinajstić information content (AvgIpc) is 3.52. The molecule has 228 valence electrons. The van der Waals surface area contributed by atoms with Crippen LogP contribution in [0.2, 0.25) is 0 Å². The highest BCUT2D eigenvalue weighted by Crippen LogP contribution is 2.27. The van der Waals surface area contributed by atoms with E-state index in [4.69, 9.17) is 9.90 Å². The SMILES string of the molecule is Cc1nc(CCCNc2nc(NCCc3nccc(C(F)(F)F)n3)c3ncn(C(C)C)c3n2)cs1.O=C(O)C(F)(F)F. The number of halogens is 6. The predicted octanol–water partition coefficient (Wildman–Crippen LogP) is 5.31. The van der Waals surface area contributed by atoms with Crippen LogP contribution in [0.4, 0.5) is 38.1 Å². The molecule has 3 N–H and O–H groups in total. The van der Waals surface area contributed by atoms with E-state index in [1.54, 1.807) is 17.7 Å². The van der Waals surface area contributed by atoms with Crippen LogP contribution in [0.25, 0.3) is 11.2 Å². The van der Waals surface area contributed by atoms with E-state index in [0.717, 1.165) is 35.8 Å². The van der Waals surface area contributed by atoms with E-state index in [1.807, 2.05) is 25.3 Å². The second-order valence-electron chi connectivity index (χ2n) is 9.04. The molecule has 0 spiro atoms. The number of carbonyl (C=O) groups is 1.